The van der Waals surface area contributed by atoms with Crippen molar-refractivity contribution in [1.82, 2.24) is 0 Å². The van der Waals surface area contributed by atoms with Crippen LogP contribution in [0.25, 0.3) is 0 Å². The van der Waals surface area contributed by atoms with Crippen LogP contribution >= 0.6 is 0 Å². The Morgan fingerprint density at radius 2 is 1.49 bits per heavy atom. The maximum atomic E-state index is 12.1. The van der Waals surface area contributed by atoms with Crippen LogP contribution in [0.1, 0.15) is 12.8 Å². The van der Waals surface area contributed by atoms with Gasteiger partial charge in [0.2, 0.25) is 0 Å². The second-order valence-electron chi connectivity index (χ2n) is 8.07. The van der Waals surface area contributed by atoms with Crippen molar-refractivity contribution in [1.29, 1.82) is 0 Å². The normalized spacial score (nSPS) is 39.5. The fraction of sp³-hybridized carbons (Fsp3) is 0.944. The van der Waals surface area contributed by atoms with E-state index in [0.717, 1.165) is 0 Å². The Balaban J connectivity index is 0.000000434. The number of hydrogen-bond acceptors (Lipinski definition) is 14. The summed E-state index contributed by atoms with van der Waals surface area (Å²) in [7, 11) is 0. The van der Waals surface area contributed by atoms with E-state index in [2.05, 4.69) is 0 Å². The first-order valence-electron chi connectivity index (χ1n) is 10.5. The minimum absolute atomic E-state index is 0.152. The van der Waals surface area contributed by atoms with Crippen molar-refractivity contribution in [3.05, 3.63) is 0 Å². The van der Waals surface area contributed by atoms with E-state index in [1.54, 1.807) is 0 Å². The number of halogens is 2. The molecule has 2 aliphatic rings. The molecule has 2 rings (SSSR count). The number of aliphatic hydroxyl groups excluding tert-OH is 8. The van der Waals surface area contributed by atoms with Gasteiger partial charge in [0.1, 0.15) is 48.8 Å². The Kier molecular flexibility index (Phi) is 12.7. The van der Waals surface area contributed by atoms with E-state index in [1.165, 1.54) is 0 Å². The van der Waals surface area contributed by atoms with Crippen LogP contribution in [0.2, 0.25) is 0 Å². The van der Waals surface area contributed by atoms with E-state index in [9.17, 15) is 49.3 Å². The van der Waals surface area contributed by atoms with Gasteiger partial charge in [-0.1, -0.05) is 0 Å². The molecule has 0 spiro atoms. The highest BCUT2D eigenvalue weighted by Crippen LogP contribution is 2.28. The van der Waals surface area contributed by atoms with Crippen LogP contribution in [0.4, 0.5) is 8.78 Å². The number of aliphatic carboxylic acids is 1. The van der Waals surface area contributed by atoms with Crippen molar-refractivity contribution in [2.24, 2.45) is 11.5 Å². The molecule has 0 aliphatic carbocycles. The summed E-state index contributed by atoms with van der Waals surface area (Å²) in [6.07, 6.45) is -18.8. The lowest BCUT2D eigenvalue weighted by Gasteiger charge is -2.45. The molecule has 35 heavy (non-hydrogen) atoms. The summed E-state index contributed by atoms with van der Waals surface area (Å²) in [6.45, 7) is -1.19. The number of alkyl halides is 2. The van der Waals surface area contributed by atoms with Crippen molar-refractivity contribution in [2.45, 2.75) is 86.2 Å². The summed E-state index contributed by atoms with van der Waals surface area (Å²) in [4.78, 5) is 10.3. The van der Waals surface area contributed by atoms with Crippen LogP contribution in [0.15, 0.2) is 0 Å². The fourth-order valence-corrected chi connectivity index (χ4v) is 3.27. The molecule has 15 nitrogen and oxygen atoms in total. The van der Waals surface area contributed by atoms with Gasteiger partial charge in [-0.05, 0) is 19.4 Å². The monoisotopic (exact) mass is 524 g/mol. The van der Waals surface area contributed by atoms with E-state index in [0.29, 0.717) is 0 Å². The van der Waals surface area contributed by atoms with E-state index in [-0.39, 0.29) is 19.4 Å². The number of rotatable bonds is 9. The van der Waals surface area contributed by atoms with Crippen molar-refractivity contribution >= 4 is 5.97 Å². The topological polar surface area (TPSA) is 279 Å². The first-order chi connectivity index (χ1) is 16.3. The second-order valence-corrected chi connectivity index (χ2v) is 8.07. The molecule has 13 N–H and O–H groups in total. The maximum Gasteiger partial charge on any atom is 0.329 e. The quantitative estimate of drug-likeness (QED) is 0.134. The Morgan fingerprint density at radius 3 is 1.94 bits per heavy atom. The number of aliphatic hydroxyl groups is 8. The lowest BCUT2D eigenvalue weighted by Crippen LogP contribution is -2.64. The first-order valence-corrected chi connectivity index (χ1v) is 10.5. The Labute approximate surface area is 198 Å². The molecule has 2 unspecified atom stereocenters. The van der Waals surface area contributed by atoms with Crippen LogP contribution in [0, 0.1) is 0 Å². The van der Waals surface area contributed by atoms with Gasteiger partial charge in [0.05, 0.1) is 13.2 Å². The van der Waals surface area contributed by atoms with Crippen LogP contribution in [-0.2, 0) is 19.0 Å². The molecule has 2 fully saturated rings. The molecule has 2 heterocycles. The highest BCUT2D eigenvalue weighted by molar-refractivity contribution is 5.79. The standard InChI is InChI=1S/C12H22O11.C6H12F2N2O2/c13-1-3-5(15)6(16)9(19)12(22-3)23-10-4(2-14)21-11(20)8(18)7(10)17;7-4(8)6(10,5(11)12)2-1-3-9/h3-20H,1-2H2;4H,1-3,9-10H2,(H,11,12)/t3-,4-,5+,6+,7-,8-,9-,10-,11?,12+;/m1./s1. The van der Waals surface area contributed by atoms with Crippen LogP contribution in [-0.4, -0.2) is 145 Å². The second kappa shape index (κ2) is 13.9. The van der Waals surface area contributed by atoms with Crippen molar-refractivity contribution in [3.63, 3.8) is 0 Å². The summed E-state index contributed by atoms with van der Waals surface area (Å²) in [5.74, 6) is -1.69. The predicted molar refractivity (Wildman–Crippen MR) is 107 cm³/mol. The summed E-state index contributed by atoms with van der Waals surface area (Å²) < 4.78 is 39.5. The van der Waals surface area contributed by atoms with Crippen LogP contribution < -0.4 is 11.5 Å². The molecule has 2 aliphatic heterocycles. The SMILES string of the molecule is NCCCC(N)(C(=O)O)C(F)F.OC[C@H]1O[C@@H](O[C@H]2[C@H](O)[C@@H](O)C(O)O[C@@H]2CO)[C@H](O)[C@@H](O)[C@H]1O. The molecular weight excluding hydrogens is 490 g/mol. The minimum atomic E-state index is -3.07. The van der Waals surface area contributed by atoms with Gasteiger partial charge in [0, 0.05) is 0 Å². The van der Waals surface area contributed by atoms with Gasteiger partial charge in [-0.25, -0.2) is 13.6 Å². The molecule has 0 aromatic rings. The lowest BCUT2D eigenvalue weighted by molar-refractivity contribution is -0.355. The van der Waals surface area contributed by atoms with Crippen molar-refractivity contribution in [3.8, 4) is 0 Å². The maximum absolute atomic E-state index is 12.1. The molecule has 0 bridgehead atoms. The Hall–Kier alpha value is -1.19. The Morgan fingerprint density at radius 1 is 0.914 bits per heavy atom. The summed E-state index contributed by atoms with van der Waals surface area (Å²) in [5, 5.41) is 84.9. The average molecular weight is 524 g/mol. The fourth-order valence-electron chi connectivity index (χ4n) is 3.27. The van der Waals surface area contributed by atoms with Gasteiger partial charge < -0.3 is 71.6 Å². The molecule has 2 saturated heterocycles. The molecule has 11 atom stereocenters. The summed E-state index contributed by atoms with van der Waals surface area (Å²) in [5.41, 5.74) is 7.56. The molecule has 0 radical (unpaired) electrons. The zero-order valence-corrected chi connectivity index (χ0v) is 18.5. The third kappa shape index (κ3) is 7.65. The number of carbonyl (C=O) groups is 1. The van der Waals surface area contributed by atoms with E-state index >= 15 is 0 Å². The third-order valence-electron chi connectivity index (χ3n) is 5.56. The smallest absolute Gasteiger partial charge is 0.329 e. The zero-order valence-electron chi connectivity index (χ0n) is 18.5. The molecule has 0 amide bonds. The van der Waals surface area contributed by atoms with E-state index in [1.807, 2.05) is 0 Å². The Bertz CT molecular complexity index is 650. The van der Waals surface area contributed by atoms with Gasteiger partial charge in [-0.15, -0.1) is 0 Å². The highest BCUT2D eigenvalue weighted by atomic mass is 19.3. The van der Waals surface area contributed by atoms with Crippen LogP contribution in [0.3, 0.4) is 0 Å². The summed E-state index contributed by atoms with van der Waals surface area (Å²) in [6, 6.07) is 0. The molecule has 0 aromatic heterocycles. The van der Waals surface area contributed by atoms with Gasteiger partial charge in [-0.2, -0.15) is 0 Å². The van der Waals surface area contributed by atoms with Crippen molar-refractivity contribution < 1.29 is 73.7 Å². The van der Waals surface area contributed by atoms with Gasteiger partial charge >= 0.3 is 5.97 Å². The number of nitrogens with two attached hydrogens (primary N) is 2. The van der Waals surface area contributed by atoms with E-state index in [4.69, 9.17) is 35.9 Å². The van der Waals surface area contributed by atoms with Gasteiger partial charge in [0.15, 0.2) is 18.1 Å². The van der Waals surface area contributed by atoms with Gasteiger partial charge in [0.25, 0.3) is 6.43 Å². The molecule has 0 saturated carbocycles. The number of carboxylic acid groups (broad SMARTS) is 1. The largest absolute Gasteiger partial charge is 0.480 e. The number of ether oxygens (including phenoxy) is 3. The van der Waals surface area contributed by atoms with Crippen molar-refractivity contribution in [2.75, 3.05) is 19.8 Å². The lowest BCUT2D eigenvalue weighted by atomic mass is 9.95. The zero-order chi connectivity index (χ0) is 27.1. The highest BCUT2D eigenvalue weighted by Gasteiger charge is 2.50. The average Bonchev–Trinajstić information content (AvgIpc) is 2.82. The van der Waals surface area contributed by atoms with Gasteiger partial charge in [-0.3, -0.25) is 0 Å². The molecule has 208 valence electrons. The molecule has 17 heteroatoms. The number of carboxylic acids is 1. The van der Waals surface area contributed by atoms with E-state index < -0.39 is 92.6 Å². The number of hydrogen-bond donors (Lipinski definition) is 11. The molecule has 0 aromatic carbocycles. The first kappa shape index (κ1) is 31.8. The predicted octanol–water partition coefficient (Wildman–Crippen LogP) is -5.62. The van der Waals surface area contributed by atoms with Crippen LogP contribution in [0.5, 0.6) is 0 Å². The minimum Gasteiger partial charge on any atom is -0.480 e. The third-order valence-corrected chi connectivity index (χ3v) is 5.56. The molecular formula is C18H34F2N2O13. The summed E-state index contributed by atoms with van der Waals surface area (Å²) >= 11 is 0.